The molecule has 0 radical (unpaired) electrons. The second-order valence-electron chi connectivity index (χ2n) is 2.07. The Kier molecular flexibility index (Phi) is 4.59. The van der Waals surface area contributed by atoms with Crippen molar-refractivity contribution in [2.75, 3.05) is 5.75 Å². The molecule has 0 atom stereocenters. The molecule has 0 heterocycles. The van der Waals surface area contributed by atoms with Crippen LogP contribution >= 0.6 is 0 Å². The predicted octanol–water partition coefficient (Wildman–Crippen LogP) is 0.397. The highest BCUT2D eigenvalue weighted by Gasteiger charge is 2.06. The summed E-state index contributed by atoms with van der Waals surface area (Å²) in [4.78, 5) is 0. The molecule has 2 N–H and O–H groups in total. The van der Waals surface area contributed by atoms with Crippen molar-refractivity contribution in [3.05, 3.63) is 0 Å². The van der Waals surface area contributed by atoms with E-state index in [-0.39, 0.29) is 5.75 Å². The third kappa shape index (κ3) is 4.72. The molecule has 5 heteroatoms. The maximum Gasteiger partial charge on any atom is 0.283 e. The minimum atomic E-state index is -3.41. The molecule has 0 fully saturated rings. The molecule has 4 nitrogen and oxygen atoms in total. The summed E-state index contributed by atoms with van der Waals surface area (Å²) < 4.78 is 24.8. The zero-order valence-electron chi connectivity index (χ0n) is 6.04. The Hall–Kier alpha value is -0.130. The molecule has 62 valence electrons. The van der Waals surface area contributed by atoms with E-state index in [2.05, 4.69) is 10.2 Å². The molecule has 0 aliphatic rings. The summed E-state index contributed by atoms with van der Waals surface area (Å²) in [5.41, 5.74) is 0. The van der Waals surface area contributed by atoms with E-state index < -0.39 is 10.1 Å². The minimum Gasteiger partial charge on any atom is -0.198 e. The van der Waals surface area contributed by atoms with Crippen molar-refractivity contribution in [1.82, 2.24) is 0 Å². The van der Waals surface area contributed by atoms with Gasteiger partial charge in [0.25, 0.3) is 10.1 Å². The molecular weight excluding hydrogens is 154 g/mol. The van der Waals surface area contributed by atoms with Crippen LogP contribution in [-0.4, -0.2) is 14.2 Å². The molecule has 0 saturated carbocycles. The van der Waals surface area contributed by atoms with E-state index in [4.69, 9.17) is 0 Å². The van der Waals surface area contributed by atoms with Gasteiger partial charge in [-0.1, -0.05) is 19.8 Å². The van der Waals surface area contributed by atoms with E-state index in [9.17, 15) is 8.42 Å². The smallest absolute Gasteiger partial charge is 0.198 e. The average molecular weight is 167 g/mol. The highest BCUT2D eigenvalue weighted by Crippen LogP contribution is 1.98. The third-order valence-corrected chi connectivity index (χ3v) is 2.23. The van der Waals surface area contributed by atoms with Crippen LogP contribution in [0.1, 0.15) is 26.2 Å². The first-order valence-electron chi connectivity index (χ1n) is 3.23. The van der Waals surface area contributed by atoms with Crippen molar-refractivity contribution < 1.29 is 12.7 Å². The predicted molar refractivity (Wildman–Crippen MR) is 38.6 cm³/mol. The van der Waals surface area contributed by atoms with Crippen LogP contribution in [0, 0.1) is 0 Å². The molecule has 10 heavy (non-hydrogen) atoms. The lowest BCUT2D eigenvalue weighted by Gasteiger charge is -1.97. The molecule has 0 unspecified atom stereocenters. The van der Waals surface area contributed by atoms with Crippen molar-refractivity contribution in [2.24, 2.45) is 5.90 Å². The van der Waals surface area contributed by atoms with E-state index in [1.165, 1.54) is 0 Å². The Labute approximate surface area is 61.4 Å². The van der Waals surface area contributed by atoms with Crippen molar-refractivity contribution in [2.45, 2.75) is 26.2 Å². The summed E-state index contributed by atoms with van der Waals surface area (Å²) in [5, 5.41) is 0. The van der Waals surface area contributed by atoms with Gasteiger partial charge in [-0.3, -0.25) is 0 Å². The van der Waals surface area contributed by atoms with Crippen LogP contribution in [-0.2, 0) is 14.4 Å². The number of hydrogen-bond donors (Lipinski definition) is 1. The average Bonchev–Trinajstić information content (AvgIpc) is 1.89. The highest BCUT2D eigenvalue weighted by molar-refractivity contribution is 7.86. The standard InChI is InChI=1S/C5H13NO3S/c1-2-3-4-5-10(7,8)9-6/h2-6H2,1H3. The molecule has 0 aromatic rings. The monoisotopic (exact) mass is 167 g/mol. The van der Waals surface area contributed by atoms with Crippen LogP contribution in [0.2, 0.25) is 0 Å². The molecule has 0 amide bonds. The van der Waals surface area contributed by atoms with Crippen molar-refractivity contribution in [3.8, 4) is 0 Å². The third-order valence-electron chi connectivity index (χ3n) is 1.14. The molecule has 0 spiro atoms. The Bertz CT molecular complexity index is 164. The maximum absolute atomic E-state index is 10.5. The quantitative estimate of drug-likeness (QED) is 0.475. The lowest BCUT2D eigenvalue weighted by molar-refractivity contribution is 0.332. The van der Waals surface area contributed by atoms with Gasteiger partial charge in [-0.15, -0.1) is 0 Å². The van der Waals surface area contributed by atoms with Crippen LogP contribution in [0.3, 0.4) is 0 Å². The Morgan fingerprint density at radius 3 is 2.40 bits per heavy atom. The van der Waals surface area contributed by atoms with Gasteiger partial charge in [0.15, 0.2) is 0 Å². The van der Waals surface area contributed by atoms with E-state index in [1.807, 2.05) is 6.92 Å². The van der Waals surface area contributed by atoms with Gasteiger partial charge in [0, 0.05) is 0 Å². The van der Waals surface area contributed by atoms with Crippen LogP contribution in [0.25, 0.3) is 0 Å². The molecule has 0 aliphatic carbocycles. The molecular formula is C5H13NO3S. The minimum absolute atomic E-state index is 0.0251. The molecule has 0 aromatic heterocycles. The summed E-state index contributed by atoms with van der Waals surface area (Å²) in [5.74, 6) is 4.53. The lowest BCUT2D eigenvalue weighted by atomic mass is 10.3. The summed E-state index contributed by atoms with van der Waals surface area (Å²) in [6, 6.07) is 0. The Balaban J connectivity index is 3.49. The fourth-order valence-corrected chi connectivity index (χ4v) is 1.23. The maximum atomic E-state index is 10.5. The highest BCUT2D eigenvalue weighted by atomic mass is 32.2. The molecule has 0 bridgehead atoms. The largest absolute Gasteiger partial charge is 0.283 e. The fraction of sp³-hybridized carbons (Fsp3) is 1.00. The lowest BCUT2D eigenvalue weighted by Crippen LogP contribution is -2.14. The number of hydrogen-bond acceptors (Lipinski definition) is 4. The Morgan fingerprint density at radius 2 is 2.00 bits per heavy atom. The van der Waals surface area contributed by atoms with Gasteiger partial charge in [0.05, 0.1) is 5.75 Å². The number of rotatable bonds is 5. The SMILES string of the molecule is CCCCCS(=O)(=O)ON. The van der Waals surface area contributed by atoms with Gasteiger partial charge in [-0.25, -0.2) is 0 Å². The topological polar surface area (TPSA) is 69.4 Å². The van der Waals surface area contributed by atoms with Gasteiger partial charge >= 0.3 is 0 Å². The van der Waals surface area contributed by atoms with Gasteiger partial charge in [0.2, 0.25) is 0 Å². The van der Waals surface area contributed by atoms with E-state index in [0.717, 1.165) is 12.8 Å². The molecule has 0 aliphatic heterocycles. The van der Waals surface area contributed by atoms with Crippen LogP contribution < -0.4 is 5.90 Å². The number of nitrogens with two attached hydrogens (primary N) is 1. The first kappa shape index (κ1) is 9.87. The summed E-state index contributed by atoms with van der Waals surface area (Å²) in [6.07, 6.45) is 2.50. The van der Waals surface area contributed by atoms with Crippen molar-refractivity contribution in [3.63, 3.8) is 0 Å². The van der Waals surface area contributed by atoms with Crippen LogP contribution in [0.4, 0.5) is 0 Å². The second kappa shape index (κ2) is 4.65. The summed E-state index contributed by atoms with van der Waals surface area (Å²) >= 11 is 0. The van der Waals surface area contributed by atoms with E-state index in [1.54, 1.807) is 0 Å². The van der Waals surface area contributed by atoms with Gasteiger partial charge in [-0.2, -0.15) is 18.6 Å². The zero-order valence-corrected chi connectivity index (χ0v) is 6.86. The summed E-state index contributed by atoms with van der Waals surface area (Å²) in [7, 11) is -3.41. The van der Waals surface area contributed by atoms with Gasteiger partial charge < -0.3 is 0 Å². The van der Waals surface area contributed by atoms with Gasteiger partial charge in [-0.05, 0) is 6.42 Å². The summed E-state index contributed by atoms with van der Waals surface area (Å²) in [6.45, 7) is 2.00. The first-order chi connectivity index (χ1) is 4.62. The van der Waals surface area contributed by atoms with E-state index in [0.29, 0.717) is 6.42 Å². The first-order valence-corrected chi connectivity index (χ1v) is 4.81. The fourth-order valence-electron chi connectivity index (χ4n) is 0.577. The normalized spacial score (nSPS) is 11.8. The van der Waals surface area contributed by atoms with Crippen LogP contribution in [0.5, 0.6) is 0 Å². The molecule has 0 aromatic carbocycles. The Morgan fingerprint density at radius 1 is 1.40 bits per heavy atom. The van der Waals surface area contributed by atoms with E-state index >= 15 is 0 Å². The molecule has 0 saturated heterocycles. The van der Waals surface area contributed by atoms with Crippen LogP contribution in [0.15, 0.2) is 0 Å². The molecule has 0 rings (SSSR count). The number of unbranched alkanes of at least 4 members (excludes halogenated alkanes) is 2. The van der Waals surface area contributed by atoms with Crippen molar-refractivity contribution in [1.29, 1.82) is 0 Å². The van der Waals surface area contributed by atoms with Crippen molar-refractivity contribution >= 4 is 10.1 Å². The van der Waals surface area contributed by atoms with Gasteiger partial charge in [0.1, 0.15) is 0 Å². The zero-order chi connectivity index (χ0) is 8.04. The second-order valence-corrected chi connectivity index (χ2v) is 3.78.